The van der Waals surface area contributed by atoms with Crippen LogP contribution in [0.3, 0.4) is 0 Å². The zero-order valence-corrected chi connectivity index (χ0v) is 15.1. The number of benzene rings is 1. The largest absolute Gasteiger partial charge is 0.274 e. The molecule has 126 valence electrons. The van der Waals surface area contributed by atoms with Gasteiger partial charge in [-0.3, -0.25) is 14.5 Å². The number of carbonyl (C=O) groups is 2. The van der Waals surface area contributed by atoms with Gasteiger partial charge in [0.15, 0.2) is 0 Å². The van der Waals surface area contributed by atoms with E-state index in [1.54, 1.807) is 11.3 Å². The predicted molar refractivity (Wildman–Crippen MR) is 97.8 cm³/mol. The highest BCUT2D eigenvalue weighted by molar-refractivity contribution is 7.12. The van der Waals surface area contributed by atoms with Crippen molar-refractivity contribution in [1.82, 2.24) is 4.90 Å². The van der Waals surface area contributed by atoms with E-state index < -0.39 is 0 Å². The normalized spacial score (nSPS) is 13.7. The van der Waals surface area contributed by atoms with Crippen LogP contribution < -0.4 is 0 Å². The molecule has 3 nitrogen and oxygen atoms in total. The molecule has 4 heteroatoms. The summed E-state index contributed by atoms with van der Waals surface area (Å²) < 4.78 is 0. The lowest BCUT2D eigenvalue weighted by atomic mass is 10.1. The summed E-state index contributed by atoms with van der Waals surface area (Å²) in [6.07, 6.45) is 5.31. The molecule has 1 aromatic carbocycles. The molecule has 1 aliphatic heterocycles. The van der Waals surface area contributed by atoms with Crippen LogP contribution in [0.4, 0.5) is 0 Å². The first-order valence-corrected chi connectivity index (χ1v) is 9.41. The first-order valence-electron chi connectivity index (χ1n) is 8.59. The second kappa shape index (κ2) is 7.31. The highest BCUT2D eigenvalue weighted by Crippen LogP contribution is 2.34. The van der Waals surface area contributed by atoms with E-state index in [0.29, 0.717) is 17.7 Å². The molecule has 0 N–H and O–H groups in total. The average Bonchev–Trinajstić information content (AvgIpc) is 3.01. The molecule has 0 unspecified atom stereocenters. The fourth-order valence-electron chi connectivity index (χ4n) is 3.36. The Bertz CT molecular complexity index is 712. The summed E-state index contributed by atoms with van der Waals surface area (Å²) in [6.45, 7) is 4.39. The van der Waals surface area contributed by atoms with Gasteiger partial charge in [-0.05, 0) is 38.7 Å². The highest BCUT2D eigenvalue weighted by atomic mass is 32.1. The van der Waals surface area contributed by atoms with Crippen molar-refractivity contribution >= 4 is 23.2 Å². The number of hydrogen-bond acceptors (Lipinski definition) is 3. The van der Waals surface area contributed by atoms with E-state index in [9.17, 15) is 9.59 Å². The maximum absolute atomic E-state index is 12.5. The zero-order valence-electron chi connectivity index (χ0n) is 14.3. The summed E-state index contributed by atoms with van der Waals surface area (Å²) in [6, 6.07) is 10.5. The van der Waals surface area contributed by atoms with Crippen LogP contribution in [0.25, 0.3) is 0 Å². The standard InChI is InChI=1S/C20H23NO2S/c1-14-17-18(15(2)24-14)20(23)21(19(17)22)13-9-4-3-6-10-16-11-7-5-8-12-16/h5,7-8,11-12H,3-4,6,9-10,13H2,1-2H3. The Morgan fingerprint density at radius 1 is 0.833 bits per heavy atom. The second-order valence-corrected chi connectivity index (χ2v) is 7.81. The van der Waals surface area contributed by atoms with Crippen LogP contribution >= 0.6 is 11.3 Å². The number of thiophene rings is 1. The third kappa shape index (κ3) is 3.29. The number of amides is 2. The lowest BCUT2D eigenvalue weighted by Crippen LogP contribution is -2.31. The molecule has 1 aliphatic rings. The lowest BCUT2D eigenvalue weighted by molar-refractivity contribution is 0.0651. The molecule has 0 radical (unpaired) electrons. The lowest BCUT2D eigenvalue weighted by Gasteiger charge is -2.14. The Morgan fingerprint density at radius 2 is 1.42 bits per heavy atom. The highest BCUT2D eigenvalue weighted by Gasteiger charge is 2.39. The van der Waals surface area contributed by atoms with Gasteiger partial charge < -0.3 is 0 Å². The molecule has 1 aromatic heterocycles. The van der Waals surface area contributed by atoms with E-state index in [2.05, 4.69) is 24.3 Å². The molecule has 2 aromatic rings. The Kier molecular flexibility index (Phi) is 5.14. The quantitative estimate of drug-likeness (QED) is 0.537. The van der Waals surface area contributed by atoms with Gasteiger partial charge in [-0.15, -0.1) is 11.3 Å². The third-order valence-electron chi connectivity index (χ3n) is 4.62. The molecule has 0 spiro atoms. The molecule has 3 rings (SSSR count). The zero-order chi connectivity index (χ0) is 17.1. The first kappa shape index (κ1) is 16.9. The van der Waals surface area contributed by atoms with Gasteiger partial charge >= 0.3 is 0 Å². The van der Waals surface area contributed by atoms with Gasteiger partial charge in [0.05, 0.1) is 11.1 Å². The summed E-state index contributed by atoms with van der Waals surface area (Å²) in [7, 11) is 0. The van der Waals surface area contributed by atoms with Crippen molar-refractivity contribution in [1.29, 1.82) is 0 Å². The molecule has 24 heavy (non-hydrogen) atoms. The fourth-order valence-corrected chi connectivity index (χ4v) is 4.40. The fraction of sp³-hybridized carbons (Fsp3) is 0.400. The SMILES string of the molecule is Cc1sc(C)c2c1C(=O)N(CCCCCCc1ccccc1)C2=O. The van der Waals surface area contributed by atoms with Crippen LogP contribution in [0.1, 0.15) is 61.7 Å². The molecular formula is C20H23NO2S. The monoisotopic (exact) mass is 341 g/mol. The molecule has 0 aliphatic carbocycles. The van der Waals surface area contributed by atoms with Gasteiger partial charge in [0, 0.05) is 16.3 Å². The van der Waals surface area contributed by atoms with E-state index in [4.69, 9.17) is 0 Å². The molecule has 2 amide bonds. The van der Waals surface area contributed by atoms with E-state index in [0.717, 1.165) is 41.9 Å². The minimum Gasteiger partial charge on any atom is -0.274 e. The Hall–Kier alpha value is -1.94. The molecular weight excluding hydrogens is 318 g/mol. The van der Waals surface area contributed by atoms with Crippen molar-refractivity contribution in [3.05, 3.63) is 56.8 Å². The van der Waals surface area contributed by atoms with Crippen molar-refractivity contribution in [3.63, 3.8) is 0 Å². The molecule has 0 saturated heterocycles. The van der Waals surface area contributed by atoms with E-state index in [-0.39, 0.29) is 11.8 Å². The number of unbranched alkanes of at least 4 members (excludes halogenated alkanes) is 3. The van der Waals surface area contributed by atoms with Gasteiger partial charge in [-0.1, -0.05) is 43.2 Å². The van der Waals surface area contributed by atoms with E-state index in [1.807, 2.05) is 19.9 Å². The number of aryl methyl sites for hydroxylation is 3. The van der Waals surface area contributed by atoms with Gasteiger partial charge in [0.25, 0.3) is 11.8 Å². The first-order chi connectivity index (χ1) is 11.6. The summed E-state index contributed by atoms with van der Waals surface area (Å²) in [5, 5.41) is 0. The molecule has 0 saturated carbocycles. The smallest absolute Gasteiger partial charge is 0.262 e. The summed E-state index contributed by atoms with van der Waals surface area (Å²) in [5.41, 5.74) is 2.66. The van der Waals surface area contributed by atoms with Gasteiger partial charge in [-0.2, -0.15) is 0 Å². The maximum Gasteiger partial charge on any atom is 0.262 e. The van der Waals surface area contributed by atoms with Crippen molar-refractivity contribution < 1.29 is 9.59 Å². The summed E-state index contributed by atoms with van der Waals surface area (Å²) in [4.78, 5) is 28.3. The molecule has 0 fully saturated rings. The van der Waals surface area contributed by atoms with Crippen molar-refractivity contribution in [3.8, 4) is 0 Å². The van der Waals surface area contributed by atoms with Gasteiger partial charge in [0.2, 0.25) is 0 Å². The number of nitrogens with zero attached hydrogens (tertiary/aromatic N) is 1. The van der Waals surface area contributed by atoms with Crippen molar-refractivity contribution in [2.75, 3.05) is 6.54 Å². The predicted octanol–water partition coefficient (Wildman–Crippen LogP) is 4.76. The number of rotatable bonds is 7. The molecule has 0 atom stereocenters. The van der Waals surface area contributed by atoms with E-state index >= 15 is 0 Å². The third-order valence-corrected chi connectivity index (χ3v) is 5.64. The minimum absolute atomic E-state index is 0.0962. The van der Waals surface area contributed by atoms with Crippen molar-refractivity contribution in [2.45, 2.75) is 46.0 Å². The molecule has 2 heterocycles. The van der Waals surface area contributed by atoms with Crippen LogP contribution in [-0.2, 0) is 6.42 Å². The Balaban J connectivity index is 1.44. The molecule has 0 bridgehead atoms. The van der Waals surface area contributed by atoms with Gasteiger partial charge in [0.1, 0.15) is 0 Å². The Morgan fingerprint density at radius 3 is 2.04 bits per heavy atom. The number of imide groups is 1. The topological polar surface area (TPSA) is 37.4 Å². The second-order valence-electron chi connectivity index (χ2n) is 6.38. The van der Waals surface area contributed by atoms with Crippen molar-refractivity contribution in [2.24, 2.45) is 0 Å². The Labute approximate surface area is 147 Å². The van der Waals surface area contributed by atoms with Crippen LogP contribution in [0.5, 0.6) is 0 Å². The summed E-state index contributed by atoms with van der Waals surface area (Å²) >= 11 is 1.55. The van der Waals surface area contributed by atoms with E-state index in [1.165, 1.54) is 10.5 Å². The van der Waals surface area contributed by atoms with Crippen LogP contribution in [0, 0.1) is 13.8 Å². The number of carbonyl (C=O) groups excluding carboxylic acids is 2. The van der Waals surface area contributed by atoms with Crippen LogP contribution in [0.2, 0.25) is 0 Å². The number of fused-ring (bicyclic) bond motifs is 1. The number of hydrogen-bond donors (Lipinski definition) is 0. The summed E-state index contributed by atoms with van der Waals surface area (Å²) in [5.74, 6) is -0.192. The minimum atomic E-state index is -0.0962. The van der Waals surface area contributed by atoms with Gasteiger partial charge in [-0.25, -0.2) is 0 Å². The van der Waals surface area contributed by atoms with Crippen LogP contribution in [-0.4, -0.2) is 23.3 Å². The average molecular weight is 341 g/mol. The maximum atomic E-state index is 12.5. The van der Waals surface area contributed by atoms with Crippen LogP contribution in [0.15, 0.2) is 30.3 Å².